The largest absolute Gasteiger partial charge is 0.496 e. The van der Waals surface area contributed by atoms with Gasteiger partial charge < -0.3 is 10.5 Å². The molecule has 2 heterocycles. The van der Waals surface area contributed by atoms with Gasteiger partial charge in [-0.15, -0.1) is 11.3 Å². The first-order valence-electron chi connectivity index (χ1n) is 5.59. The zero-order valence-corrected chi connectivity index (χ0v) is 12.2. The molecule has 0 radical (unpaired) electrons. The van der Waals surface area contributed by atoms with Crippen LogP contribution in [0.25, 0.3) is 0 Å². The number of rotatable bonds is 4. The first-order chi connectivity index (χ1) is 8.52. The summed E-state index contributed by atoms with van der Waals surface area (Å²) in [4.78, 5) is 1.08. The van der Waals surface area contributed by atoms with Crippen LogP contribution in [0.3, 0.4) is 0 Å². The number of ether oxygens (including phenoxy) is 1. The number of thiophene rings is 1. The standard InChI is InChI=1S/C12H16ClN3OS/c1-7-12(13)10(16(2)15-7)5-9(14)11-4-8(17-3)6-18-11/h4,6,9H,5,14H2,1-3H3. The van der Waals surface area contributed by atoms with Crippen LogP contribution in [0.15, 0.2) is 11.4 Å². The molecule has 2 aromatic rings. The second-order valence-corrected chi connectivity index (χ2v) is 5.49. The number of methoxy groups -OCH3 is 1. The predicted octanol–water partition coefficient (Wildman–Crippen LogP) is 2.69. The molecular formula is C12H16ClN3OS. The number of nitrogens with two attached hydrogens (primary N) is 1. The van der Waals surface area contributed by atoms with E-state index >= 15 is 0 Å². The second kappa shape index (κ2) is 5.30. The van der Waals surface area contributed by atoms with Crippen molar-refractivity contribution in [3.05, 3.63) is 32.7 Å². The molecule has 0 saturated carbocycles. The highest BCUT2D eigenvalue weighted by molar-refractivity contribution is 7.10. The summed E-state index contributed by atoms with van der Waals surface area (Å²) < 4.78 is 6.95. The predicted molar refractivity (Wildman–Crippen MR) is 74.5 cm³/mol. The molecule has 2 rings (SSSR count). The summed E-state index contributed by atoms with van der Waals surface area (Å²) in [6.07, 6.45) is 0.667. The van der Waals surface area contributed by atoms with E-state index in [1.165, 1.54) is 0 Å². The average molecular weight is 286 g/mol. The summed E-state index contributed by atoms with van der Waals surface area (Å²) >= 11 is 7.82. The highest BCUT2D eigenvalue weighted by atomic mass is 35.5. The monoisotopic (exact) mass is 285 g/mol. The molecule has 0 aromatic carbocycles. The van der Waals surface area contributed by atoms with Gasteiger partial charge in [-0.05, 0) is 13.0 Å². The Morgan fingerprint density at radius 3 is 2.83 bits per heavy atom. The lowest BCUT2D eigenvalue weighted by atomic mass is 10.1. The van der Waals surface area contributed by atoms with E-state index in [0.29, 0.717) is 11.4 Å². The molecule has 6 heteroatoms. The first-order valence-corrected chi connectivity index (χ1v) is 6.84. The van der Waals surface area contributed by atoms with Crippen LogP contribution < -0.4 is 10.5 Å². The molecule has 98 valence electrons. The minimum absolute atomic E-state index is 0.0915. The van der Waals surface area contributed by atoms with Crippen molar-refractivity contribution >= 4 is 22.9 Å². The molecule has 0 fully saturated rings. The summed E-state index contributed by atoms with van der Waals surface area (Å²) in [5.41, 5.74) is 8.00. The number of hydrogen-bond acceptors (Lipinski definition) is 4. The highest BCUT2D eigenvalue weighted by Crippen LogP contribution is 2.29. The first kappa shape index (κ1) is 13.4. The molecule has 1 atom stereocenters. The van der Waals surface area contributed by atoms with Crippen LogP contribution in [-0.4, -0.2) is 16.9 Å². The summed E-state index contributed by atoms with van der Waals surface area (Å²) in [7, 11) is 3.54. The Labute approximate surface area is 115 Å². The average Bonchev–Trinajstić information content (AvgIpc) is 2.90. The van der Waals surface area contributed by atoms with Crippen LogP contribution in [0.5, 0.6) is 5.75 Å². The Hall–Kier alpha value is -1.04. The minimum Gasteiger partial charge on any atom is -0.496 e. The molecule has 18 heavy (non-hydrogen) atoms. The molecule has 0 spiro atoms. The Kier molecular flexibility index (Phi) is 3.94. The van der Waals surface area contributed by atoms with Crippen molar-refractivity contribution in [2.45, 2.75) is 19.4 Å². The lowest BCUT2D eigenvalue weighted by Gasteiger charge is -2.10. The van der Waals surface area contributed by atoms with E-state index in [1.54, 1.807) is 23.1 Å². The summed E-state index contributed by atoms with van der Waals surface area (Å²) in [6.45, 7) is 1.89. The van der Waals surface area contributed by atoms with Crippen molar-refractivity contribution in [3.63, 3.8) is 0 Å². The highest BCUT2D eigenvalue weighted by Gasteiger charge is 2.17. The smallest absolute Gasteiger partial charge is 0.129 e. The summed E-state index contributed by atoms with van der Waals surface area (Å²) in [5.74, 6) is 0.845. The van der Waals surface area contributed by atoms with Gasteiger partial charge in [-0.2, -0.15) is 5.10 Å². The molecule has 0 bridgehead atoms. The maximum absolute atomic E-state index is 6.22. The SMILES string of the molecule is COc1csc(C(N)Cc2c(Cl)c(C)nn2C)c1. The van der Waals surface area contributed by atoms with Crippen LogP contribution >= 0.6 is 22.9 Å². The van der Waals surface area contributed by atoms with E-state index in [1.807, 2.05) is 25.4 Å². The van der Waals surface area contributed by atoms with Crippen LogP contribution in [0.1, 0.15) is 22.3 Å². The topological polar surface area (TPSA) is 53.1 Å². The third-order valence-electron chi connectivity index (χ3n) is 2.87. The van der Waals surface area contributed by atoms with Gasteiger partial charge in [0, 0.05) is 29.8 Å². The lowest BCUT2D eigenvalue weighted by molar-refractivity contribution is 0.416. The van der Waals surface area contributed by atoms with Crippen molar-refractivity contribution in [3.8, 4) is 5.75 Å². The van der Waals surface area contributed by atoms with Crippen molar-refractivity contribution in [2.75, 3.05) is 7.11 Å². The second-order valence-electron chi connectivity index (χ2n) is 4.17. The van der Waals surface area contributed by atoms with Gasteiger partial charge >= 0.3 is 0 Å². The molecular weight excluding hydrogens is 270 g/mol. The number of nitrogens with zero attached hydrogens (tertiary/aromatic N) is 2. The van der Waals surface area contributed by atoms with Crippen LogP contribution in [0.2, 0.25) is 5.02 Å². The van der Waals surface area contributed by atoms with Crippen molar-refractivity contribution < 1.29 is 4.74 Å². The summed E-state index contributed by atoms with van der Waals surface area (Å²) in [5, 5.41) is 6.94. The van der Waals surface area contributed by atoms with E-state index < -0.39 is 0 Å². The van der Waals surface area contributed by atoms with Crippen LogP contribution in [0.4, 0.5) is 0 Å². The lowest BCUT2D eigenvalue weighted by Crippen LogP contribution is -2.14. The van der Waals surface area contributed by atoms with Gasteiger partial charge in [0.1, 0.15) is 5.75 Å². The normalized spacial score (nSPS) is 12.7. The van der Waals surface area contributed by atoms with Crippen molar-refractivity contribution in [1.29, 1.82) is 0 Å². The van der Waals surface area contributed by atoms with Gasteiger partial charge in [-0.1, -0.05) is 11.6 Å². The zero-order valence-electron chi connectivity index (χ0n) is 10.6. The fourth-order valence-corrected chi connectivity index (χ4v) is 2.94. The van der Waals surface area contributed by atoms with Crippen LogP contribution in [0, 0.1) is 6.92 Å². The van der Waals surface area contributed by atoms with E-state index in [0.717, 1.165) is 22.0 Å². The van der Waals surface area contributed by atoms with Gasteiger partial charge in [0.25, 0.3) is 0 Å². The fraction of sp³-hybridized carbons (Fsp3) is 0.417. The van der Waals surface area contributed by atoms with Crippen molar-refractivity contribution in [1.82, 2.24) is 9.78 Å². The molecule has 4 nitrogen and oxygen atoms in total. The summed E-state index contributed by atoms with van der Waals surface area (Å²) in [6, 6.07) is 1.87. The Morgan fingerprint density at radius 2 is 2.33 bits per heavy atom. The number of aromatic nitrogens is 2. The van der Waals surface area contributed by atoms with Gasteiger partial charge in [0.15, 0.2) is 0 Å². The molecule has 1 unspecified atom stereocenters. The number of aryl methyl sites for hydroxylation is 2. The van der Waals surface area contributed by atoms with Gasteiger partial charge in [-0.3, -0.25) is 4.68 Å². The van der Waals surface area contributed by atoms with E-state index in [2.05, 4.69) is 5.10 Å². The Bertz CT molecular complexity index is 550. The molecule has 0 saturated heterocycles. The number of halogens is 1. The Morgan fingerprint density at radius 1 is 1.61 bits per heavy atom. The molecule has 2 aromatic heterocycles. The number of hydrogen-bond donors (Lipinski definition) is 1. The van der Waals surface area contributed by atoms with Crippen LogP contribution in [-0.2, 0) is 13.5 Å². The molecule has 0 amide bonds. The molecule has 0 aliphatic heterocycles. The maximum atomic E-state index is 6.22. The third-order valence-corrected chi connectivity index (χ3v) is 4.41. The minimum atomic E-state index is -0.0915. The zero-order chi connectivity index (χ0) is 13.3. The molecule has 0 aliphatic carbocycles. The van der Waals surface area contributed by atoms with Gasteiger partial charge in [0.05, 0.1) is 23.5 Å². The van der Waals surface area contributed by atoms with E-state index in [4.69, 9.17) is 22.1 Å². The molecule has 0 aliphatic rings. The maximum Gasteiger partial charge on any atom is 0.129 e. The Balaban J connectivity index is 2.18. The molecule has 2 N–H and O–H groups in total. The third kappa shape index (κ3) is 2.53. The van der Waals surface area contributed by atoms with Gasteiger partial charge in [-0.25, -0.2) is 0 Å². The van der Waals surface area contributed by atoms with Gasteiger partial charge in [0.2, 0.25) is 0 Å². The van der Waals surface area contributed by atoms with E-state index in [-0.39, 0.29) is 6.04 Å². The fourth-order valence-electron chi connectivity index (χ4n) is 1.85. The quantitative estimate of drug-likeness (QED) is 0.940. The van der Waals surface area contributed by atoms with Crippen molar-refractivity contribution in [2.24, 2.45) is 12.8 Å². The van der Waals surface area contributed by atoms with E-state index in [9.17, 15) is 0 Å².